The molecule has 1 aromatic carbocycles. The van der Waals surface area contributed by atoms with Gasteiger partial charge < -0.3 is 10.1 Å². The molecule has 150 valence electrons. The fraction of sp³-hybridized carbons (Fsp3) is 0.435. The van der Waals surface area contributed by atoms with Crippen molar-refractivity contribution >= 4 is 16.7 Å². The lowest BCUT2D eigenvalue weighted by Crippen LogP contribution is -2.46. The number of anilines is 1. The third-order valence-electron chi connectivity index (χ3n) is 6.23. The normalized spacial score (nSPS) is 23.2. The molecule has 3 heterocycles. The minimum Gasteiger partial charge on any atom is -0.379 e. The second-order valence-electron chi connectivity index (χ2n) is 7.99. The molecule has 1 saturated carbocycles. The van der Waals surface area contributed by atoms with E-state index in [0.29, 0.717) is 12.1 Å². The number of ether oxygens (including phenoxy) is 1. The van der Waals surface area contributed by atoms with Gasteiger partial charge in [-0.3, -0.25) is 9.88 Å². The number of pyridine rings is 1. The third kappa shape index (κ3) is 4.09. The summed E-state index contributed by atoms with van der Waals surface area (Å²) < 4.78 is 5.50. The number of morpholine rings is 1. The maximum Gasteiger partial charge on any atom is 0.137 e. The van der Waals surface area contributed by atoms with Gasteiger partial charge in [0.1, 0.15) is 12.1 Å². The maximum absolute atomic E-state index is 5.50. The highest BCUT2D eigenvalue weighted by atomic mass is 16.5. The van der Waals surface area contributed by atoms with Crippen LogP contribution in [-0.2, 0) is 4.74 Å². The molecule has 0 unspecified atom stereocenters. The first-order chi connectivity index (χ1) is 14.4. The van der Waals surface area contributed by atoms with E-state index in [1.54, 1.807) is 12.5 Å². The van der Waals surface area contributed by atoms with E-state index >= 15 is 0 Å². The van der Waals surface area contributed by atoms with Gasteiger partial charge in [0.2, 0.25) is 0 Å². The maximum atomic E-state index is 5.50. The second kappa shape index (κ2) is 8.43. The van der Waals surface area contributed by atoms with E-state index in [9.17, 15) is 0 Å². The van der Waals surface area contributed by atoms with Gasteiger partial charge in [0, 0.05) is 48.5 Å². The average molecular weight is 390 g/mol. The summed E-state index contributed by atoms with van der Waals surface area (Å²) in [5.41, 5.74) is 3.21. The number of hydrogen-bond donors (Lipinski definition) is 1. The van der Waals surface area contributed by atoms with Crippen LogP contribution in [0.2, 0.25) is 0 Å². The molecule has 2 aromatic heterocycles. The minimum absolute atomic E-state index is 0.465. The van der Waals surface area contributed by atoms with Crippen LogP contribution in [0.4, 0.5) is 5.82 Å². The van der Waals surface area contributed by atoms with Gasteiger partial charge in [-0.15, -0.1) is 0 Å². The van der Waals surface area contributed by atoms with Gasteiger partial charge >= 0.3 is 0 Å². The molecule has 6 heteroatoms. The summed E-state index contributed by atoms with van der Waals surface area (Å²) in [6.07, 6.45) is 10.2. The molecule has 1 N–H and O–H groups in total. The highest BCUT2D eigenvalue weighted by Crippen LogP contribution is 2.30. The highest BCUT2D eigenvalue weighted by Gasteiger charge is 2.27. The zero-order chi connectivity index (χ0) is 19.5. The van der Waals surface area contributed by atoms with Crippen molar-refractivity contribution in [1.82, 2.24) is 19.9 Å². The minimum atomic E-state index is 0.465. The largest absolute Gasteiger partial charge is 0.379 e. The summed E-state index contributed by atoms with van der Waals surface area (Å²) in [5, 5.41) is 4.79. The quantitative estimate of drug-likeness (QED) is 0.733. The molecular formula is C23H27N5O. The van der Waals surface area contributed by atoms with Gasteiger partial charge in [-0.2, -0.15) is 0 Å². The lowest BCUT2D eigenvalue weighted by atomic mass is 9.90. The van der Waals surface area contributed by atoms with Crippen molar-refractivity contribution in [1.29, 1.82) is 0 Å². The number of benzene rings is 1. The molecule has 1 saturated heterocycles. The third-order valence-corrected chi connectivity index (χ3v) is 6.23. The summed E-state index contributed by atoms with van der Waals surface area (Å²) >= 11 is 0. The van der Waals surface area contributed by atoms with Gasteiger partial charge in [-0.05, 0) is 49.4 Å². The van der Waals surface area contributed by atoms with Crippen molar-refractivity contribution in [2.75, 3.05) is 31.6 Å². The highest BCUT2D eigenvalue weighted by molar-refractivity contribution is 5.92. The van der Waals surface area contributed by atoms with Crippen molar-refractivity contribution in [3.8, 4) is 11.1 Å². The second-order valence-corrected chi connectivity index (χ2v) is 7.99. The van der Waals surface area contributed by atoms with Crippen LogP contribution in [-0.4, -0.2) is 58.2 Å². The predicted molar refractivity (Wildman–Crippen MR) is 115 cm³/mol. The summed E-state index contributed by atoms with van der Waals surface area (Å²) in [6.45, 7) is 3.92. The number of nitrogens with zero attached hydrogens (tertiary/aromatic N) is 4. The topological polar surface area (TPSA) is 63.2 Å². The van der Waals surface area contributed by atoms with Crippen LogP contribution in [0.3, 0.4) is 0 Å². The summed E-state index contributed by atoms with van der Waals surface area (Å²) in [6, 6.07) is 11.6. The van der Waals surface area contributed by atoms with Crippen molar-refractivity contribution in [3.05, 3.63) is 49.1 Å². The Morgan fingerprint density at radius 2 is 1.83 bits per heavy atom. The fourth-order valence-electron chi connectivity index (χ4n) is 4.61. The van der Waals surface area contributed by atoms with E-state index < -0.39 is 0 Å². The van der Waals surface area contributed by atoms with Crippen molar-refractivity contribution in [2.45, 2.75) is 37.8 Å². The first-order valence-corrected chi connectivity index (χ1v) is 10.6. The number of hydrogen-bond acceptors (Lipinski definition) is 6. The van der Waals surface area contributed by atoms with E-state index in [2.05, 4.69) is 49.4 Å². The summed E-state index contributed by atoms with van der Waals surface area (Å²) in [7, 11) is 0. The van der Waals surface area contributed by atoms with Crippen molar-refractivity contribution in [3.63, 3.8) is 0 Å². The van der Waals surface area contributed by atoms with E-state index in [-0.39, 0.29) is 0 Å². The van der Waals surface area contributed by atoms with Crippen LogP contribution in [0.5, 0.6) is 0 Å². The van der Waals surface area contributed by atoms with Gasteiger partial charge in [0.15, 0.2) is 0 Å². The Hall–Kier alpha value is -2.57. The van der Waals surface area contributed by atoms with E-state index in [1.165, 1.54) is 25.7 Å². The molecule has 2 aliphatic rings. The molecule has 29 heavy (non-hydrogen) atoms. The number of fused-ring (bicyclic) bond motifs is 1. The summed E-state index contributed by atoms with van der Waals surface area (Å²) in [4.78, 5) is 15.9. The Morgan fingerprint density at radius 1 is 0.966 bits per heavy atom. The number of rotatable bonds is 4. The molecule has 1 aliphatic carbocycles. The first kappa shape index (κ1) is 18.5. The number of aromatic nitrogens is 3. The Labute approximate surface area is 171 Å². The van der Waals surface area contributed by atoms with E-state index in [1.807, 2.05) is 12.3 Å². The van der Waals surface area contributed by atoms with Crippen molar-refractivity contribution < 1.29 is 4.74 Å². The van der Waals surface area contributed by atoms with Gasteiger partial charge in [0.05, 0.1) is 18.7 Å². The predicted octanol–water partition coefficient (Wildman–Crippen LogP) is 3.75. The molecule has 5 rings (SSSR count). The average Bonchev–Trinajstić information content (AvgIpc) is 2.81. The molecule has 0 radical (unpaired) electrons. The molecule has 0 bridgehead atoms. The Morgan fingerprint density at radius 3 is 2.62 bits per heavy atom. The Bertz CT molecular complexity index is 950. The lowest BCUT2D eigenvalue weighted by molar-refractivity contribution is 0.00791. The standard InChI is InChI=1S/C23H27N5O/c1-2-18(15-24-9-1)17-3-8-22-21(14-17)23(26-16-25-22)27-19-4-6-20(7-5-19)28-10-12-29-13-11-28/h1-3,8-9,14-16,19-20H,4-7,10-13H2,(H,25,26,27)/t19-,20-. The SMILES string of the molecule is c1cncc(-c2ccc3ncnc(N[C@H]4CC[C@H](N5CCOCC5)CC4)c3c2)c1. The van der Waals surface area contributed by atoms with Gasteiger partial charge in [-0.25, -0.2) is 9.97 Å². The zero-order valence-electron chi connectivity index (χ0n) is 16.6. The molecular weight excluding hydrogens is 362 g/mol. The monoisotopic (exact) mass is 389 g/mol. The lowest BCUT2D eigenvalue weighted by Gasteiger charge is -2.39. The molecule has 1 aliphatic heterocycles. The molecule has 2 fully saturated rings. The van der Waals surface area contributed by atoms with Crippen LogP contribution in [0.15, 0.2) is 49.1 Å². The first-order valence-electron chi connectivity index (χ1n) is 10.6. The van der Waals surface area contributed by atoms with Crippen LogP contribution < -0.4 is 5.32 Å². The Kier molecular flexibility index (Phi) is 5.37. The molecule has 0 spiro atoms. The molecule has 0 atom stereocenters. The van der Waals surface area contributed by atoms with Gasteiger partial charge in [0.25, 0.3) is 0 Å². The number of nitrogens with one attached hydrogen (secondary N) is 1. The zero-order valence-corrected chi connectivity index (χ0v) is 16.6. The molecule has 6 nitrogen and oxygen atoms in total. The van der Waals surface area contributed by atoms with Crippen LogP contribution in [0.1, 0.15) is 25.7 Å². The summed E-state index contributed by atoms with van der Waals surface area (Å²) in [5.74, 6) is 0.940. The Balaban J connectivity index is 1.31. The molecule has 3 aromatic rings. The van der Waals surface area contributed by atoms with Crippen molar-refractivity contribution in [2.24, 2.45) is 0 Å². The fourth-order valence-corrected chi connectivity index (χ4v) is 4.61. The van der Waals surface area contributed by atoms with Crippen LogP contribution >= 0.6 is 0 Å². The molecule has 0 amide bonds. The smallest absolute Gasteiger partial charge is 0.137 e. The van der Waals surface area contributed by atoms with E-state index in [0.717, 1.165) is 54.2 Å². The van der Waals surface area contributed by atoms with Gasteiger partial charge in [-0.1, -0.05) is 12.1 Å². The van der Waals surface area contributed by atoms with Crippen LogP contribution in [0, 0.1) is 0 Å². The van der Waals surface area contributed by atoms with E-state index in [4.69, 9.17) is 4.74 Å². The van der Waals surface area contributed by atoms with Crippen LogP contribution in [0.25, 0.3) is 22.0 Å².